The number of carbonyl (C=O) groups excluding carboxylic acids is 3. The molecule has 5 rings (SSSR count). The highest BCUT2D eigenvalue weighted by molar-refractivity contribution is 7.91. The zero-order chi connectivity index (χ0) is 31.2. The molecule has 9 nitrogen and oxygen atoms in total. The Labute approximate surface area is 255 Å². The van der Waals surface area contributed by atoms with Crippen molar-refractivity contribution in [2.75, 3.05) is 11.9 Å². The van der Waals surface area contributed by atoms with Crippen molar-refractivity contribution < 1.29 is 27.9 Å². The van der Waals surface area contributed by atoms with E-state index in [1.807, 2.05) is 24.3 Å². The fraction of sp³-hybridized carbons (Fsp3) is 0.667. The molecule has 0 bridgehead atoms. The number of aliphatic hydroxyl groups is 1. The fourth-order valence-corrected chi connectivity index (χ4v) is 7.83. The molecule has 3 N–H and O–H groups in total. The van der Waals surface area contributed by atoms with E-state index in [1.165, 1.54) is 4.90 Å². The lowest BCUT2D eigenvalue weighted by atomic mass is 9.87. The average molecular weight is 614 g/mol. The Balaban J connectivity index is 1.40. The molecule has 3 fully saturated rings. The highest BCUT2D eigenvalue weighted by Crippen LogP contribution is 2.57. The third kappa shape index (κ3) is 6.70. The molecule has 1 aromatic carbocycles. The highest BCUT2D eigenvalue weighted by Gasteiger charge is 2.62. The number of nitrogens with one attached hydrogen (secondary N) is 2. The minimum atomic E-state index is -3.86. The van der Waals surface area contributed by atoms with Gasteiger partial charge in [-0.2, -0.15) is 0 Å². The van der Waals surface area contributed by atoms with Gasteiger partial charge in [0, 0.05) is 25.1 Å². The molecule has 5 atom stereocenters. The predicted molar refractivity (Wildman–Crippen MR) is 166 cm³/mol. The molecule has 1 saturated heterocycles. The molecule has 2 amide bonds. The number of hydrogen-bond donors (Lipinski definition) is 3. The van der Waals surface area contributed by atoms with Crippen LogP contribution in [0, 0.1) is 11.3 Å². The minimum absolute atomic E-state index is 0.0463. The molecule has 0 spiro atoms. The van der Waals surface area contributed by atoms with Crippen LogP contribution in [0.25, 0.3) is 0 Å². The van der Waals surface area contributed by atoms with E-state index in [9.17, 15) is 27.9 Å². The molecule has 2 aliphatic carbocycles. The number of nitrogens with zero attached hydrogens (tertiary/aromatic N) is 1. The van der Waals surface area contributed by atoms with Crippen LogP contribution in [-0.2, 0) is 29.8 Å². The molecule has 4 aliphatic rings. The first-order valence-corrected chi connectivity index (χ1v) is 17.3. The Morgan fingerprint density at radius 1 is 1.12 bits per heavy atom. The van der Waals surface area contributed by atoms with Gasteiger partial charge in [-0.25, -0.2) is 8.42 Å². The van der Waals surface area contributed by atoms with E-state index in [2.05, 4.69) is 42.9 Å². The normalized spacial score (nSPS) is 32.1. The summed E-state index contributed by atoms with van der Waals surface area (Å²) in [7, 11) is -3.86. The Morgan fingerprint density at radius 3 is 2.56 bits per heavy atom. The number of ketones is 1. The molecule has 43 heavy (non-hydrogen) atoms. The van der Waals surface area contributed by atoms with E-state index < -0.39 is 44.3 Å². The number of carbonyl (C=O) groups is 3. The lowest BCUT2D eigenvalue weighted by molar-refractivity contribution is -0.139. The van der Waals surface area contributed by atoms with Gasteiger partial charge < -0.3 is 15.3 Å². The summed E-state index contributed by atoms with van der Waals surface area (Å²) in [6.07, 6.45) is 8.48. The van der Waals surface area contributed by atoms with Gasteiger partial charge in [-0.3, -0.25) is 19.1 Å². The number of anilines is 1. The van der Waals surface area contributed by atoms with Crippen molar-refractivity contribution in [1.29, 1.82) is 0 Å². The monoisotopic (exact) mass is 613 g/mol. The topological polar surface area (TPSA) is 133 Å². The number of aliphatic hydroxyl groups excluding tert-OH is 1. The summed E-state index contributed by atoms with van der Waals surface area (Å²) in [5.74, 6) is -1.43. The first-order valence-electron chi connectivity index (χ1n) is 15.8. The van der Waals surface area contributed by atoms with Crippen molar-refractivity contribution in [2.24, 2.45) is 11.3 Å². The number of sulfonamides is 1. The van der Waals surface area contributed by atoms with Crippen molar-refractivity contribution in [3.05, 3.63) is 42.0 Å². The number of fused-ring (bicyclic) bond motifs is 2. The van der Waals surface area contributed by atoms with E-state index in [-0.39, 0.29) is 42.4 Å². The number of amides is 2. The molecular weight excluding hydrogens is 566 g/mol. The van der Waals surface area contributed by atoms with Crippen LogP contribution in [0.4, 0.5) is 5.69 Å². The van der Waals surface area contributed by atoms with Gasteiger partial charge in [-0.1, -0.05) is 57.9 Å². The van der Waals surface area contributed by atoms with Gasteiger partial charge in [-0.15, -0.1) is 0 Å². The maximum Gasteiger partial charge on any atom is 0.245 e. The van der Waals surface area contributed by atoms with Crippen LogP contribution in [-0.4, -0.2) is 65.5 Å². The van der Waals surface area contributed by atoms with Gasteiger partial charge in [-0.05, 0) is 74.5 Å². The molecule has 0 unspecified atom stereocenters. The number of hydrogen-bond acceptors (Lipinski definition) is 7. The van der Waals surface area contributed by atoms with Crippen LogP contribution in [0.3, 0.4) is 0 Å². The fourth-order valence-electron chi connectivity index (χ4n) is 6.50. The lowest BCUT2D eigenvalue weighted by Crippen LogP contribution is -2.49. The van der Waals surface area contributed by atoms with Gasteiger partial charge >= 0.3 is 0 Å². The lowest BCUT2D eigenvalue weighted by Gasteiger charge is -2.30. The van der Waals surface area contributed by atoms with E-state index in [0.29, 0.717) is 25.7 Å². The Hall–Kier alpha value is -2.72. The number of Topliss-reactive ketones (excluding diaryl/α,β-unsaturated/α-hetero) is 1. The van der Waals surface area contributed by atoms with Gasteiger partial charge in [0.15, 0.2) is 5.78 Å². The van der Waals surface area contributed by atoms with E-state index in [4.69, 9.17) is 0 Å². The quantitative estimate of drug-likeness (QED) is 0.424. The summed E-state index contributed by atoms with van der Waals surface area (Å²) >= 11 is 0. The third-order valence-electron chi connectivity index (χ3n) is 9.94. The largest absolute Gasteiger partial charge is 0.391 e. The smallest absolute Gasteiger partial charge is 0.245 e. The van der Waals surface area contributed by atoms with Crippen LogP contribution in [0.5, 0.6) is 0 Å². The predicted octanol–water partition coefficient (Wildman–Crippen LogP) is 4.21. The molecule has 2 aliphatic heterocycles. The molecule has 2 saturated carbocycles. The van der Waals surface area contributed by atoms with Gasteiger partial charge in [0.05, 0.1) is 22.3 Å². The van der Waals surface area contributed by atoms with Crippen molar-refractivity contribution in [3.8, 4) is 0 Å². The standard InChI is InChI=1S/C33H47N3O6S/c1-31(2,3)22-12-10-13-24(17-22)34-26-14-9-7-5-6-8-11-23-19-33(23,30(40)35-43(41,42)32(4)15-16-32)20-28(38)27-18-25(37)21-36(27)29(26)39/h8,10-13,17,23,25-27,34,37H,5-7,9,14-16,18-21H2,1-4H3,(H,35,40)/b11-8-/t23-,25-,26+,27+,33-/m1/s1. The molecule has 2 heterocycles. The minimum Gasteiger partial charge on any atom is -0.391 e. The summed E-state index contributed by atoms with van der Waals surface area (Å²) in [5.41, 5.74) is 0.737. The SMILES string of the molecule is CC(C)(C)c1cccc(N[C@H]2CCCCC/C=C\[C@@H]3C[C@@]3(C(=O)NS(=O)(=O)C3(C)CC3)CC(=O)[C@@H]3C[C@@H](O)CN3C2=O)c1. The zero-order valence-electron chi connectivity index (χ0n) is 25.9. The van der Waals surface area contributed by atoms with Crippen LogP contribution < -0.4 is 10.0 Å². The molecule has 236 valence electrons. The summed E-state index contributed by atoms with van der Waals surface area (Å²) < 4.78 is 27.2. The highest BCUT2D eigenvalue weighted by atomic mass is 32.2. The van der Waals surface area contributed by atoms with Crippen LogP contribution in [0.15, 0.2) is 36.4 Å². The first-order chi connectivity index (χ1) is 20.2. The van der Waals surface area contributed by atoms with Gasteiger partial charge in [0.25, 0.3) is 0 Å². The van der Waals surface area contributed by atoms with E-state index in [1.54, 1.807) is 6.92 Å². The number of rotatable bonds is 5. The molecule has 10 heteroatoms. The van der Waals surface area contributed by atoms with E-state index in [0.717, 1.165) is 36.9 Å². The molecule has 1 aromatic rings. The summed E-state index contributed by atoms with van der Waals surface area (Å²) in [6, 6.07) is 6.59. The van der Waals surface area contributed by atoms with Crippen molar-refractivity contribution in [1.82, 2.24) is 9.62 Å². The number of benzene rings is 1. The van der Waals surface area contributed by atoms with Crippen molar-refractivity contribution in [2.45, 2.75) is 120 Å². The summed E-state index contributed by atoms with van der Waals surface area (Å²) in [6.45, 7) is 8.08. The van der Waals surface area contributed by atoms with Crippen LogP contribution in [0.2, 0.25) is 0 Å². The maximum absolute atomic E-state index is 14.1. The van der Waals surface area contributed by atoms with Gasteiger partial charge in [0.1, 0.15) is 6.04 Å². The summed E-state index contributed by atoms with van der Waals surface area (Å²) in [4.78, 5) is 43.0. The Kier molecular flexibility index (Phi) is 8.59. The second-order valence-electron chi connectivity index (χ2n) is 14.5. The zero-order valence-corrected chi connectivity index (χ0v) is 26.7. The summed E-state index contributed by atoms with van der Waals surface area (Å²) in [5, 5.41) is 14.1. The molecular formula is C33H47N3O6S. The van der Waals surface area contributed by atoms with Crippen molar-refractivity contribution >= 4 is 33.3 Å². The van der Waals surface area contributed by atoms with Gasteiger partial charge in [0.2, 0.25) is 21.8 Å². The van der Waals surface area contributed by atoms with Crippen LogP contribution in [0.1, 0.15) is 97.5 Å². The molecule has 0 radical (unpaired) electrons. The Morgan fingerprint density at radius 2 is 1.86 bits per heavy atom. The molecule has 0 aromatic heterocycles. The van der Waals surface area contributed by atoms with E-state index >= 15 is 0 Å². The number of allylic oxidation sites excluding steroid dienone is 2. The second-order valence-corrected chi connectivity index (χ2v) is 16.7. The first kappa shape index (κ1) is 31.7. The maximum atomic E-state index is 14.1. The Bertz CT molecular complexity index is 1400. The van der Waals surface area contributed by atoms with Crippen LogP contribution >= 0.6 is 0 Å². The second kappa shape index (κ2) is 11.7. The van der Waals surface area contributed by atoms with Crippen molar-refractivity contribution in [3.63, 3.8) is 0 Å². The third-order valence-corrected chi connectivity index (χ3v) is 12.1. The average Bonchev–Trinajstić information content (AvgIpc) is 3.81.